The lowest BCUT2D eigenvalue weighted by Crippen LogP contribution is -2.44. The van der Waals surface area contributed by atoms with Crippen molar-refractivity contribution in [2.24, 2.45) is 0 Å². The van der Waals surface area contributed by atoms with Gasteiger partial charge in [-0.1, -0.05) is 12.5 Å². The van der Waals surface area contributed by atoms with Crippen LogP contribution in [0.1, 0.15) is 39.5 Å². The van der Waals surface area contributed by atoms with Gasteiger partial charge in [0.05, 0.1) is 11.2 Å². The van der Waals surface area contributed by atoms with E-state index >= 15 is 0 Å². The molecule has 5 nitrogen and oxygen atoms in total. The molecule has 2 atom stereocenters. The van der Waals surface area contributed by atoms with Crippen LogP contribution in [0.5, 0.6) is 0 Å². The minimum absolute atomic E-state index is 0.727. The molecule has 0 radical (unpaired) electrons. The molecule has 0 spiro atoms. The van der Waals surface area contributed by atoms with Crippen molar-refractivity contribution in [3.8, 4) is 5.69 Å². The molecule has 3 heterocycles. The van der Waals surface area contributed by atoms with Crippen molar-refractivity contribution >= 4 is 10.9 Å². The minimum atomic E-state index is 0.727. The number of benzene rings is 1. The predicted octanol–water partition coefficient (Wildman–Crippen LogP) is 3.88. The molecule has 3 aromatic rings. The largest absolute Gasteiger partial charge is 0.347 e. The van der Waals surface area contributed by atoms with Crippen LogP contribution in [-0.4, -0.2) is 42.9 Å². The lowest BCUT2D eigenvalue weighted by Gasteiger charge is -2.39. The second-order valence-corrected chi connectivity index (χ2v) is 7.34. The molecule has 1 saturated heterocycles. The Labute approximate surface area is 149 Å². The number of aryl methyl sites for hydroxylation is 1. The van der Waals surface area contributed by atoms with Crippen LogP contribution in [0.4, 0.5) is 0 Å². The third-order valence-electron chi connectivity index (χ3n) is 5.67. The Morgan fingerprint density at radius 2 is 1.76 bits per heavy atom. The van der Waals surface area contributed by atoms with Crippen molar-refractivity contribution < 1.29 is 0 Å². The fourth-order valence-electron chi connectivity index (χ4n) is 4.20. The van der Waals surface area contributed by atoms with E-state index in [1.165, 1.54) is 43.1 Å². The number of piperidine rings is 1. The van der Waals surface area contributed by atoms with Crippen LogP contribution in [0.3, 0.4) is 0 Å². The van der Waals surface area contributed by atoms with E-state index in [1.807, 2.05) is 4.57 Å². The quantitative estimate of drug-likeness (QED) is 0.709. The van der Waals surface area contributed by atoms with Crippen LogP contribution in [0.25, 0.3) is 16.6 Å². The first-order valence-electron chi connectivity index (χ1n) is 9.42. The highest BCUT2D eigenvalue weighted by molar-refractivity contribution is 5.82. The van der Waals surface area contributed by atoms with Crippen LogP contribution in [0.15, 0.2) is 43.1 Å². The summed E-state index contributed by atoms with van der Waals surface area (Å²) in [7, 11) is 0. The van der Waals surface area contributed by atoms with Crippen LogP contribution in [0.2, 0.25) is 0 Å². The molecule has 0 saturated carbocycles. The molecular weight excluding hydrogens is 310 g/mol. The molecule has 5 heteroatoms. The summed E-state index contributed by atoms with van der Waals surface area (Å²) in [6, 6.07) is 10.2. The number of hydrogen-bond donors (Lipinski definition) is 0. The van der Waals surface area contributed by atoms with Gasteiger partial charge >= 0.3 is 0 Å². The number of likely N-dealkylation sites (tertiary alicyclic amines) is 1. The summed E-state index contributed by atoms with van der Waals surface area (Å²) >= 11 is 0. The lowest BCUT2D eigenvalue weighted by molar-refractivity contribution is 0.101. The molecular formula is C20H27N5. The van der Waals surface area contributed by atoms with Crippen molar-refractivity contribution in [1.82, 2.24) is 24.2 Å². The molecule has 1 aromatic carbocycles. The molecule has 1 fully saturated rings. The fraction of sp³-hybridized carbons (Fsp3) is 0.500. The smallest absolute Gasteiger partial charge is 0.123 e. The monoisotopic (exact) mass is 337 g/mol. The summed E-state index contributed by atoms with van der Waals surface area (Å²) in [5.41, 5.74) is 2.39. The van der Waals surface area contributed by atoms with Gasteiger partial charge in [0.25, 0.3) is 0 Å². The first kappa shape index (κ1) is 16.3. The Bertz CT molecular complexity index is 810. The minimum Gasteiger partial charge on any atom is -0.347 e. The highest BCUT2D eigenvalue weighted by Crippen LogP contribution is 2.23. The van der Waals surface area contributed by atoms with Crippen molar-refractivity contribution in [2.75, 3.05) is 6.54 Å². The number of aromatic nitrogens is 4. The summed E-state index contributed by atoms with van der Waals surface area (Å²) in [5.74, 6) is 0. The number of fused-ring (bicyclic) bond motifs is 1. The summed E-state index contributed by atoms with van der Waals surface area (Å²) in [6.07, 6.45) is 11.0. The standard InChI is InChI=1S/C20H27N5/c1-16-5-3-6-17(2)25(16)11-4-10-23-12-9-18-7-8-19(13-20(18)23)24-14-21-22-15-24/h7-9,12-17H,3-6,10-11H2,1-2H3. The fourth-order valence-corrected chi connectivity index (χ4v) is 4.20. The zero-order valence-electron chi connectivity index (χ0n) is 15.2. The summed E-state index contributed by atoms with van der Waals surface area (Å²) in [4.78, 5) is 2.69. The zero-order chi connectivity index (χ0) is 17.2. The summed E-state index contributed by atoms with van der Waals surface area (Å²) in [5, 5.41) is 9.10. The van der Waals surface area contributed by atoms with Gasteiger partial charge in [-0.05, 0) is 56.7 Å². The van der Waals surface area contributed by atoms with Gasteiger partial charge in [0.2, 0.25) is 0 Å². The van der Waals surface area contributed by atoms with Crippen LogP contribution >= 0.6 is 0 Å². The number of rotatable bonds is 5. The van der Waals surface area contributed by atoms with Gasteiger partial charge in [-0.3, -0.25) is 9.47 Å². The lowest BCUT2D eigenvalue weighted by atomic mass is 9.97. The molecule has 4 rings (SSSR count). The Morgan fingerprint density at radius 1 is 1.00 bits per heavy atom. The van der Waals surface area contributed by atoms with E-state index in [4.69, 9.17) is 0 Å². The second-order valence-electron chi connectivity index (χ2n) is 7.34. The molecule has 2 unspecified atom stereocenters. The van der Waals surface area contributed by atoms with Crippen molar-refractivity contribution in [1.29, 1.82) is 0 Å². The van der Waals surface area contributed by atoms with Crippen LogP contribution < -0.4 is 0 Å². The van der Waals surface area contributed by atoms with Crippen LogP contribution in [-0.2, 0) is 6.54 Å². The molecule has 1 aliphatic rings. The van der Waals surface area contributed by atoms with Crippen molar-refractivity contribution in [3.63, 3.8) is 0 Å². The van der Waals surface area contributed by atoms with E-state index < -0.39 is 0 Å². The molecule has 0 N–H and O–H groups in total. The van der Waals surface area contributed by atoms with E-state index in [1.54, 1.807) is 12.7 Å². The second kappa shape index (κ2) is 7.00. The zero-order valence-corrected chi connectivity index (χ0v) is 15.2. The highest BCUT2D eigenvalue weighted by atomic mass is 15.2. The SMILES string of the molecule is CC1CCCC(C)N1CCCn1ccc2ccc(-n3cnnc3)cc21. The summed E-state index contributed by atoms with van der Waals surface area (Å²) in [6.45, 7) is 7.01. The van der Waals surface area contributed by atoms with Crippen molar-refractivity contribution in [3.05, 3.63) is 43.1 Å². The predicted molar refractivity (Wildman–Crippen MR) is 101 cm³/mol. The third kappa shape index (κ3) is 3.33. The van der Waals surface area contributed by atoms with Gasteiger partial charge in [0, 0.05) is 31.4 Å². The molecule has 2 aromatic heterocycles. The third-order valence-corrected chi connectivity index (χ3v) is 5.67. The highest BCUT2D eigenvalue weighted by Gasteiger charge is 2.23. The maximum absolute atomic E-state index is 3.90. The van der Waals surface area contributed by atoms with E-state index in [0.717, 1.165) is 24.3 Å². The summed E-state index contributed by atoms with van der Waals surface area (Å²) < 4.78 is 4.33. The van der Waals surface area contributed by atoms with Gasteiger partial charge < -0.3 is 4.57 Å². The van der Waals surface area contributed by atoms with Gasteiger partial charge in [0.1, 0.15) is 12.7 Å². The number of hydrogen-bond acceptors (Lipinski definition) is 3. The Hall–Kier alpha value is -2.14. The first-order chi connectivity index (χ1) is 12.2. The van der Waals surface area contributed by atoms with Crippen molar-refractivity contribution in [2.45, 2.75) is 58.2 Å². The Morgan fingerprint density at radius 3 is 2.52 bits per heavy atom. The molecule has 0 amide bonds. The maximum atomic E-state index is 3.90. The average Bonchev–Trinajstić information content (AvgIpc) is 3.27. The topological polar surface area (TPSA) is 38.9 Å². The molecule has 25 heavy (non-hydrogen) atoms. The number of nitrogens with zero attached hydrogens (tertiary/aromatic N) is 5. The molecule has 0 aliphatic carbocycles. The van der Waals surface area contributed by atoms with Gasteiger partial charge in [-0.15, -0.1) is 10.2 Å². The van der Waals surface area contributed by atoms with E-state index in [2.05, 4.69) is 64.0 Å². The average molecular weight is 337 g/mol. The van der Waals surface area contributed by atoms with E-state index in [0.29, 0.717) is 0 Å². The normalized spacial score (nSPS) is 21.8. The maximum Gasteiger partial charge on any atom is 0.123 e. The van der Waals surface area contributed by atoms with Gasteiger partial charge in [-0.25, -0.2) is 0 Å². The van der Waals surface area contributed by atoms with E-state index in [-0.39, 0.29) is 0 Å². The van der Waals surface area contributed by atoms with Gasteiger partial charge in [-0.2, -0.15) is 0 Å². The molecule has 1 aliphatic heterocycles. The molecule has 132 valence electrons. The van der Waals surface area contributed by atoms with Gasteiger partial charge in [0.15, 0.2) is 0 Å². The van der Waals surface area contributed by atoms with Crippen LogP contribution in [0, 0.1) is 0 Å². The molecule has 0 bridgehead atoms. The first-order valence-corrected chi connectivity index (χ1v) is 9.42. The Balaban J connectivity index is 1.47. The Kier molecular flexibility index (Phi) is 4.57. The van der Waals surface area contributed by atoms with E-state index in [9.17, 15) is 0 Å².